The molecule has 0 radical (unpaired) electrons. The van der Waals surface area contributed by atoms with E-state index in [1.807, 2.05) is 13.8 Å². The molecule has 1 rings (SSSR count). The maximum Gasteiger partial charge on any atom is 0.242 e. The largest absolute Gasteiger partial charge is 0.396 e. The molecular weight excluding hydrogens is 354 g/mol. The highest BCUT2D eigenvalue weighted by Gasteiger charge is 2.24. The van der Waals surface area contributed by atoms with Gasteiger partial charge in [0.25, 0.3) is 0 Å². The number of rotatable bonds is 6. The Balaban J connectivity index is 3.03. The van der Waals surface area contributed by atoms with Crippen molar-refractivity contribution in [1.29, 1.82) is 0 Å². The van der Waals surface area contributed by atoms with E-state index in [4.69, 9.17) is 16.7 Å². The van der Waals surface area contributed by atoms with Crippen molar-refractivity contribution in [2.75, 3.05) is 6.61 Å². The molecule has 1 aromatic rings. The van der Waals surface area contributed by atoms with E-state index in [-0.39, 0.29) is 28.5 Å². The smallest absolute Gasteiger partial charge is 0.242 e. The van der Waals surface area contributed by atoms with E-state index in [9.17, 15) is 8.42 Å². The van der Waals surface area contributed by atoms with Gasteiger partial charge in [-0.3, -0.25) is 0 Å². The van der Waals surface area contributed by atoms with Gasteiger partial charge in [0.05, 0.1) is 5.02 Å². The van der Waals surface area contributed by atoms with Crippen LogP contribution in [0.15, 0.2) is 27.6 Å². The summed E-state index contributed by atoms with van der Waals surface area (Å²) in [6, 6.07) is 4.28. The van der Waals surface area contributed by atoms with E-state index in [0.717, 1.165) is 0 Å². The van der Waals surface area contributed by atoms with Crippen LogP contribution in [0.1, 0.15) is 20.3 Å². The maximum absolute atomic E-state index is 12.3. The lowest BCUT2D eigenvalue weighted by Crippen LogP contribution is -2.39. The molecule has 0 saturated carbocycles. The summed E-state index contributed by atoms with van der Waals surface area (Å²) in [4.78, 5) is 0.0426. The van der Waals surface area contributed by atoms with E-state index in [2.05, 4.69) is 20.7 Å². The topological polar surface area (TPSA) is 66.4 Å². The van der Waals surface area contributed by atoms with E-state index in [0.29, 0.717) is 10.9 Å². The molecule has 2 N–H and O–H groups in total. The molecule has 108 valence electrons. The van der Waals surface area contributed by atoms with Gasteiger partial charge < -0.3 is 5.11 Å². The Morgan fingerprint density at radius 2 is 2.05 bits per heavy atom. The molecule has 4 nitrogen and oxygen atoms in total. The number of nitrogens with one attached hydrogen (secondary N) is 1. The molecule has 0 aliphatic heterocycles. The van der Waals surface area contributed by atoms with Crippen LogP contribution in [0, 0.1) is 5.92 Å². The van der Waals surface area contributed by atoms with Crippen LogP contribution in [0.3, 0.4) is 0 Å². The first-order valence-corrected chi connectivity index (χ1v) is 8.51. The number of benzene rings is 1. The normalized spacial score (nSPS) is 13.8. The summed E-state index contributed by atoms with van der Waals surface area (Å²) >= 11 is 9.18. The standard InChI is InChI=1S/C12H17BrClNO3S/c1-8(2)11(5-6-16)15-19(17,18)12-4-3-9(13)7-10(12)14/h3-4,7-8,11,15-16H,5-6H2,1-2H3. The molecule has 0 aliphatic rings. The van der Waals surface area contributed by atoms with Gasteiger partial charge in [0, 0.05) is 17.1 Å². The molecule has 0 bridgehead atoms. The van der Waals surface area contributed by atoms with Gasteiger partial charge in [-0.25, -0.2) is 13.1 Å². The minimum absolute atomic E-state index is 0.0426. The lowest BCUT2D eigenvalue weighted by atomic mass is 10.0. The Bertz CT molecular complexity index is 534. The van der Waals surface area contributed by atoms with Gasteiger partial charge in [0.2, 0.25) is 10.0 Å². The Labute approximate surface area is 127 Å². The van der Waals surface area contributed by atoms with Crippen molar-refractivity contribution < 1.29 is 13.5 Å². The van der Waals surface area contributed by atoms with Crippen LogP contribution in [-0.2, 0) is 10.0 Å². The van der Waals surface area contributed by atoms with Crippen LogP contribution in [0.25, 0.3) is 0 Å². The summed E-state index contributed by atoms with van der Waals surface area (Å²) in [5.41, 5.74) is 0. The average molecular weight is 371 g/mol. The third kappa shape index (κ3) is 4.72. The van der Waals surface area contributed by atoms with E-state index >= 15 is 0 Å². The highest BCUT2D eigenvalue weighted by atomic mass is 79.9. The van der Waals surface area contributed by atoms with Crippen molar-refractivity contribution in [2.45, 2.75) is 31.2 Å². The number of sulfonamides is 1. The lowest BCUT2D eigenvalue weighted by Gasteiger charge is -2.21. The van der Waals surface area contributed by atoms with Crippen LogP contribution in [0.4, 0.5) is 0 Å². The summed E-state index contributed by atoms with van der Waals surface area (Å²) in [6.45, 7) is 3.72. The Morgan fingerprint density at radius 1 is 1.42 bits per heavy atom. The van der Waals surface area contributed by atoms with Crippen LogP contribution < -0.4 is 4.72 Å². The fourth-order valence-electron chi connectivity index (χ4n) is 1.62. The number of halogens is 2. The molecule has 0 saturated heterocycles. The molecule has 7 heteroatoms. The zero-order valence-electron chi connectivity index (χ0n) is 10.7. The fourth-order valence-corrected chi connectivity index (χ4v) is 4.08. The van der Waals surface area contributed by atoms with Crippen LogP contribution in [-0.4, -0.2) is 26.2 Å². The quantitative estimate of drug-likeness (QED) is 0.809. The Morgan fingerprint density at radius 3 is 2.53 bits per heavy atom. The third-order valence-corrected chi connectivity index (χ3v) is 5.20. The number of aliphatic hydroxyl groups excluding tert-OH is 1. The van der Waals surface area contributed by atoms with Crippen LogP contribution in [0.5, 0.6) is 0 Å². The van der Waals surface area contributed by atoms with Crippen molar-refractivity contribution in [3.63, 3.8) is 0 Å². The molecule has 0 heterocycles. The molecular formula is C12H17BrClNO3S. The van der Waals surface area contributed by atoms with Gasteiger partial charge >= 0.3 is 0 Å². The molecule has 0 amide bonds. The lowest BCUT2D eigenvalue weighted by molar-refractivity contribution is 0.256. The van der Waals surface area contributed by atoms with Crippen molar-refractivity contribution in [1.82, 2.24) is 4.72 Å². The number of hydrogen-bond donors (Lipinski definition) is 2. The van der Waals surface area contributed by atoms with Gasteiger partial charge in [-0.1, -0.05) is 41.4 Å². The highest BCUT2D eigenvalue weighted by molar-refractivity contribution is 9.10. The van der Waals surface area contributed by atoms with Gasteiger partial charge in [-0.15, -0.1) is 0 Å². The van der Waals surface area contributed by atoms with Crippen LogP contribution >= 0.6 is 27.5 Å². The summed E-state index contributed by atoms with van der Waals surface area (Å²) in [5.74, 6) is 0.0798. The van der Waals surface area contributed by atoms with E-state index in [1.165, 1.54) is 12.1 Å². The molecule has 1 atom stereocenters. The predicted molar refractivity (Wildman–Crippen MR) is 79.8 cm³/mol. The Kier molecular flexibility index (Phi) is 6.26. The summed E-state index contributed by atoms with van der Waals surface area (Å²) in [7, 11) is -3.69. The molecule has 0 fully saturated rings. The SMILES string of the molecule is CC(C)C(CCO)NS(=O)(=O)c1ccc(Br)cc1Cl. The molecule has 0 aromatic heterocycles. The zero-order chi connectivity index (χ0) is 14.6. The second kappa shape index (κ2) is 7.04. The van der Waals surface area contributed by atoms with E-state index < -0.39 is 10.0 Å². The molecule has 19 heavy (non-hydrogen) atoms. The van der Waals surface area contributed by atoms with Crippen LogP contribution in [0.2, 0.25) is 5.02 Å². The van der Waals surface area contributed by atoms with Crippen molar-refractivity contribution >= 4 is 37.6 Å². The number of aliphatic hydroxyl groups is 1. The second-order valence-corrected chi connectivity index (χ2v) is 7.56. The van der Waals surface area contributed by atoms with Crippen molar-refractivity contribution in [3.05, 3.63) is 27.7 Å². The maximum atomic E-state index is 12.3. The number of hydrogen-bond acceptors (Lipinski definition) is 3. The van der Waals surface area contributed by atoms with Gasteiger partial charge in [-0.2, -0.15) is 0 Å². The van der Waals surface area contributed by atoms with Crippen molar-refractivity contribution in [2.24, 2.45) is 5.92 Å². The van der Waals surface area contributed by atoms with E-state index in [1.54, 1.807) is 6.07 Å². The third-order valence-electron chi connectivity index (χ3n) is 2.73. The minimum Gasteiger partial charge on any atom is -0.396 e. The predicted octanol–water partition coefficient (Wildman–Crippen LogP) is 2.79. The van der Waals surface area contributed by atoms with Gasteiger partial charge in [0.15, 0.2) is 0 Å². The average Bonchev–Trinajstić information content (AvgIpc) is 2.27. The van der Waals surface area contributed by atoms with Gasteiger partial charge in [0.1, 0.15) is 4.90 Å². The zero-order valence-corrected chi connectivity index (χ0v) is 13.9. The second-order valence-electron chi connectivity index (χ2n) is 4.56. The fraction of sp³-hybridized carbons (Fsp3) is 0.500. The highest BCUT2D eigenvalue weighted by Crippen LogP contribution is 2.25. The first kappa shape index (κ1) is 16.9. The molecule has 1 aromatic carbocycles. The first-order valence-electron chi connectivity index (χ1n) is 5.86. The monoisotopic (exact) mass is 369 g/mol. The molecule has 0 spiro atoms. The summed E-state index contributed by atoms with van der Waals surface area (Å²) in [5, 5.41) is 9.14. The first-order chi connectivity index (χ1) is 8.77. The van der Waals surface area contributed by atoms with Crippen molar-refractivity contribution in [3.8, 4) is 0 Å². The molecule has 0 aliphatic carbocycles. The molecule has 1 unspecified atom stereocenters. The summed E-state index contributed by atoms with van der Waals surface area (Å²) in [6.07, 6.45) is 0.366. The minimum atomic E-state index is -3.69. The Hall–Kier alpha value is -0.140. The van der Waals surface area contributed by atoms with Gasteiger partial charge in [-0.05, 0) is 30.5 Å². The summed E-state index contributed by atoms with van der Waals surface area (Å²) < 4.78 is 27.8.